The minimum absolute atomic E-state index is 0.0805. The van der Waals surface area contributed by atoms with Crippen LogP contribution in [-0.2, 0) is 14.4 Å². The maximum atomic E-state index is 12.0. The number of rotatable bonds is 11. The van der Waals surface area contributed by atoms with Crippen LogP contribution in [0.15, 0.2) is 0 Å². The van der Waals surface area contributed by atoms with E-state index in [9.17, 15) is 14.4 Å². The largest absolute Gasteiger partial charge is 0.368 e. The van der Waals surface area contributed by atoms with E-state index in [-0.39, 0.29) is 17.6 Å². The molecule has 138 valence electrons. The Labute approximate surface area is 150 Å². The molecule has 0 spiro atoms. The van der Waals surface area contributed by atoms with E-state index in [4.69, 9.17) is 5.73 Å². The third-order valence-corrected chi connectivity index (χ3v) is 4.81. The van der Waals surface area contributed by atoms with Gasteiger partial charge >= 0.3 is 0 Å². The van der Waals surface area contributed by atoms with E-state index in [1.807, 2.05) is 0 Å². The van der Waals surface area contributed by atoms with Crippen LogP contribution in [0.2, 0.25) is 0 Å². The number of hydrogen-bond donors (Lipinski definition) is 4. The zero-order valence-corrected chi connectivity index (χ0v) is 15.3. The molecule has 0 bridgehead atoms. The van der Waals surface area contributed by atoms with E-state index in [1.54, 1.807) is 0 Å². The van der Waals surface area contributed by atoms with E-state index in [1.165, 1.54) is 19.3 Å². The molecule has 0 radical (unpaired) electrons. The Bertz CT molecular complexity index is 412. The number of thiol groups is 1. The number of carbonyl (C=O) groups is 3. The Hall–Kier alpha value is -1.24. The van der Waals surface area contributed by atoms with Crippen LogP contribution >= 0.6 is 12.6 Å². The summed E-state index contributed by atoms with van der Waals surface area (Å²) in [5.74, 6) is 0.0465. The van der Waals surface area contributed by atoms with Crippen molar-refractivity contribution in [1.29, 1.82) is 0 Å². The molecule has 0 unspecified atom stereocenters. The van der Waals surface area contributed by atoms with Gasteiger partial charge in [-0.15, -0.1) is 0 Å². The minimum atomic E-state index is -0.546. The van der Waals surface area contributed by atoms with E-state index in [0.29, 0.717) is 25.3 Å². The second kappa shape index (κ2) is 12.2. The summed E-state index contributed by atoms with van der Waals surface area (Å²) < 4.78 is 0. The Kier molecular flexibility index (Phi) is 10.5. The van der Waals surface area contributed by atoms with E-state index < -0.39 is 11.9 Å². The maximum Gasteiger partial charge on any atom is 0.240 e. The third kappa shape index (κ3) is 9.15. The number of nitrogens with one attached hydrogen (secondary N) is 2. The van der Waals surface area contributed by atoms with Crippen molar-refractivity contribution in [1.82, 2.24) is 10.6 Å². The standard InChI is InChI=1S/C17H31N3O3S/c18-17(23)14(11-13-7-3-1-4-8-13)20-15(21)9-5-2-6-10-19-16(22)12-24/h13-14,24H,1-12H2,(H2,18,23)(H,19,22)(H,20,21)/t14-/m0/s1. The Morgan fingerprint density at radius 2 is 1.75 bits per heavy atom. The van der Waals surface area contributed by atoms with Gasteiger partial charge in [-0.25, -0.2) is 0 Å². The minimum Gasteiger partial charge on any atom is -0.368 e. The normalized spacial score (nSPS) is 16.4. The van der Waals surface area contributed by atoms with Gasteiger partial charge in [-0.3, -0.25) is 14.4 Å². The molecule has 1 saturated carbocycles. The maximum absolute atomic E-state index is 12.0. The summed E-state index contributed by atoms with van der Waals surface area (Å²) >= 11 is 3.88. The van der Waals surface area contributed by atoms with E-state index >= 15 is 0 Å². The molecule has 1 rings (SSSR count). The summed E-state index contributed by atoms with van der Waals surface area (Å²) in [6, 6.07) is -0.546. The molecule has 7 heteroatoms. The van der Waals surface area contributed by atoms with Gasteiger partial charge in [0.25, 0.3) is 0 Å². The monoisotopic (exact) mass is 357 g/mol. The van der Waals surface area contributed by atoms with Gasteiger partial charge in [-0.05, 0) is 25.2 Å². The first-order valence-corrected chi connectivity index (χ1v) is 9.62. The first-order valence-electron chi connectivity index (χ1n) is 8.99. The SMILES string of the molecule is NC(=O)[C@H](CC1CCCCC1)NC(=O)CCCCCNC(=O)CS. The van der Waals surface area contributed by atoms with Crippen LogP contribution in [0.4, 0.5) is 0 Å². The molecule has 1 aliphatic rings. The van der Waals surface area contributed by atoms with Crippen LogP contribution in [-0.4, -0.2) is 36.1 Å². The molecule has 6 nitrogen and oxygen atoms in total. The highest BCUT2D eigenvalue weighted by atomic mass is 32.1. The van der Waals surface area contributed by atoms with Crippen molar-refractivity contribution >= 4 is 30.4 Å². The van der Waals surface area contributed by atoms with Gasteiger partial charge in [0.2, 0.25) is 17.7 Å². The van der Waals surface area contributed by atoms with E-state index in [2.05, 4.69) is 23.3 Å². The lowest BCUT2D eigenvalue weighted by atomic mass is 9.84. The van der Waals surface area contributed by atoms with Gasteiger partial charge in [0.15, 0.2) is 0 Å². The second-order valence-electron chi connectivity index (χ2n) is 6.58. The molecule has 1 fully saturated rings. The predicted octanol–water partition coefficient (Wildman–Crippen LogP) is 1.53. The topological polar surface area (TPSA) is 101 Å². The fraction of sp³-hybridized carbons (Fsp3) is 0.824. The molecule has 4 N–H and O–H groups in total. The Morgan fingerprint density at radius 1 is 1.04 bits per heavy atom. The quantitative estimate of drug-likeness (QED) is 0.333. The molecular weight excluding hydrogens is 326 g/mol. The second-order valence-corrected chi connectivity index (χ2v) is 6.90. The highest BCUT2D eigenvalue weighted by Crippen LogP contribution is 2.27. The Balaban J connectivity index is 2.18. The average Bonchev–Trinajstić information content (AvgIpc) is 2.57. The predicted molar refractivity (Wildman–Crippen MR) is 97.6 cm³/mol. The van der Waals surface area contributed by atoms with Gasteiger partial charge in [-0.2, -0.15) is 12.6 Å². The first-order chi connectivity index (χ1) is 11.5. The third-order valence-electron chi connectivity index (χ3n) is 4.52. The van der Waals surface area contributed by atoms with Crippen LogP contribution in [0.25, 0.3) is 0 Å². The zero-order valence-electron chi connectivity index (χ0n) is 14.4. The lowest BCUT2D eigenvalue weighted by Gasteiger charge is -2.25. The van der Waals surface area contributed by atoms with Gasteiger partial charge in [0.1, 0.15) is 6.04 Å². The molecule has 0 aromatic rings. The molecule has 3 amide bonds. The van der Waals surface area contributed by atoms with Crippen molar-refractivity contribution in [3.8, 4) is 0 Å². The number of unbranched alkanes of at least 4 members (excludes halogenated alkanes) is 2. The molecule has 0 saturated heterocycles. The fourth-order valence-electron chi connectivity index (χ4n) is 3.14. The smallest absolute Gasteiger partial charge is 0.240 e. The summed E-state index contributed by atoms with van der Waals surface area (Å²) in [5, 5.41) is 5.52. The summed E-state index contributed by atoms with van der Waals surface area (Å²) in [6.45, 7) is 0.604. The van der Waals surface area contributed by atoms with Crippen molar-refractivity contribution < 1.29 is 14.4 Å². The molecular formula is C17H31N3O3S. The molecule has 0 aromatic carbocycles. The summed E-state index contributed by atoms with van der Waals surface area (Å²) in [6.07, 6.45) is 9.37. The number of amides is 3. The number of carbonyl (C=O) groups excluding carboxylic acids is 3. The zero-order chi connectivity index (χ0) is 17.8. The molecule has 24 heavy (non-hydrogen) atoms. The number of hydrogen-bond acceptors (Lipinski definition) is 4. The van der Waals surface area contributed by atoms with Crippen LogP contribution in [0.5, 0.6) is 0 Å². The van der Waals surface area contributed by atoms with Gasteiger partial charge in [0.05, 0.1) is 5.75 Å². The molecule has 1 atom stereocenters. The molecule has 0 aromatic heterocycles. The number of primary amides is 1. The van der Waals surface area contributed by atoms with Crippen molar-refractivity contribution in [2.24, 2.45) is 11.7 Å². The van der Waals surface area contributed by atoms with Crippen molar-refractivity contribution in [3.63, 3.8) is 0 Å². The van der Waals surface area contributed by atoms with Gasteiger partial charge < -0.3 is 16.4 Å². The first kappa shape index (κ1) is 20.8. The lowest BCUT2D eigenvalue weighted by Crippen LogP contribution is -2.45. The van der Waals surface area contributed by atoms with Gasteiger partial charge in [-0.1, -0.05) is 38.5 Å². The van der Waals surface area contributed by atoms with E-state index in [0.717, 1.165) is 32.1 Å². The van der Waals surface area contributed by atoms with Crippen LogP contribution in [0.1, 0.15) is 64.2 Å². The van der Waals surface area contributed by atoms with Crippen LogP contribution in [0.3, 0.4) is 0 Å². The van der Waals surface area contributed by atoms with Crippen LogP contribution in [0, 0.1) is 5.92 Å². The van der Waals surface area contributed by atoms with Crippen molar-refractivity contribution in [3.05, 3.63) is 0 Å². The summed E-state index contributed by atoms with van der Waals surface area (Å²) in [7, 11) is 0. The average molecular weight is 358 g/mol. The van der Waals surface area contributed by atoms with Crippen molar-refractivity contribution in [2.75, 3.05) is 12.3 Å². The van der Waals surface area contributed by atoms with Crippen LogP contribution < -0.4 is 16.4 Å². The molecule has 0 aliphatic heterocycles. The highest BCUT2D eigenvalue weighted by Gasteiger charge is 2.23. The fourth-order valence-corrected chi connectivity index (χ4v) is 3.25. The number of nitrogens with two attached hydrogens (primary N) is 1. The van der Waals surface area contributed by atoms with Crippen molar-refractivity contribution in [2.45, 2.75) is 70.3 Å². The molecule has 1 aliphatic carbocycles. The lowest BCUT2D eigenvalue weighted by molar-refractivity contribution is -0.127. The molecule has 0 heterocycles. The summed E-state index contributed by atoms with van der Waals surface area (Å²) in [5.41, 5.74) is 5.44. The summed E-state index contributed by atoms with van der Waals surface area (Å²) in [4.78, 5) is 34.6. The highest BCUT2D eigenvalue weighted by molar-refractivity contribution is 7.81. The van der Waals surface area contributed by atoms with Gasteiger partial charge in [0, 0.05) is 13.0 Å². The Morgan fingerprint density at radius 3 is 2.38 bits per heavy atom.